The number of methoxy groups -OCH3 is 1. The van der Waals surface area contributed by atoms with Gasteiger partial charge >= 0.3 is 5.97 Å². The molecule has 1 spiro atoms. The zero-order chi connectivity index (χ0) is 22.2. The number of hydrogen-bond acceptors (Lipinski definition) is 5. The van der Waals surface area contributed by atoms with Crippen molar-refractivity contribution in [3.8, 4) is 0 Å². The van der Waals surface area contributed by atoms with Gasteiger partial charge in [-0.3, -0.25) is 4.79 Å². The molecule has 4 rings (SSSR count). The fourth-order valence-corrected chi connectivity index (χ4v) is 5.44. The summed E-state index contributed by atoms with van der Waals surface area (Å²) in [5, 5.41) is 0. The number of benzene rings is 1. The summed E-state index contributed by atoms with van der Waals surface area (Å²) in [4.78, 5) is 12.8. The molecule has 2 aliphatic heterocycles. The van der Waals surface area contributed by atoms with E-state index in [0.29, 0.717) is 6.42 Å². The van der Waals surface area contributed by atoms with Crippen molar-refractivity contribution in [2.45, 2.75) is 88.8 Å². The Bertz CT molecular complexity index is 810. The second kappa shape index (κ2) is 8.68. The SMILES string of the molecule is CO[C@@H]1[C@H](OC(=O)C[C@H](C)c2ccccc2)CC[C@]2(CO2)[C@H]1[C@]1(C)O[C@@H]1CC=C(C)C. The van der Waals surface area contributed by atoms with E-state index >= 15 is 0 Å². The molecular formula is C26H36O5. The largest absolute Gasteiger partial charge is 0.460 e. The zero-order valence-corrected chi connectivity index (χ0v) is 19.4. The van der Waals surface area contributed by atoms with Crippen molar-refractivity contribution < 1.29 is 23.7 Å². The minimum Gasteiger partial charge on any atom is -0.460 e. The standard InChI is InChI=1S/C26H36O5/c1-17(2)11-12-21-25(4,31-21)24-23(28-5)20(13-14-26(24)16-29-26)30-22(27)15-18(3)19-9-7-6-8-10-19/h6-11,18,20-21,23-24H,12-16H2,1-5H3/t18-,20+,21+,23+,24+,25+,26-/m0/s1. The van der Waals surface area contributed by atoms with Crippen LogP contribution in [0.4, 0.5) is 0 Å². The average molecular weight is 429 g/mol. The van der Waals surface area contributed by atoms with Crippen LogP contribution in [0.25, 0.3) is 0 Å². The molecule has 31 heavy (non-hydrogen) atoms. The van der Waals surface area contributed by atoms with Gasteiger partial charge in [-0.25, -0.2) is 0 Å². The average Bonchev–Trinajstić information content (AvgIpc) is 3.65. The molecule has 1 aliphatic carbocycles. The summed E-state index contributed by atoms with van der Waals surface area (Å²) in [5.41, 5.74) is 1.93. The molecule has 0 radical (unpaired) electrons. The lowest BCUT2D eigenvalue weighted by molar-refractivity contribution is -0.172. The summed E-state index contributed by atoms with van der Waals surface area (Å²) in [6.45, 7) is 9.18. The predicted molar refractivity (Wildman–Crippen MR) is 119 cm³/mol. The fourth-order valence-electron chi connectivity index (χ4n) is 5.44. The van der Waals surface area contributed by atoms with Crippen molar-refractivity contribution in [1.82, 2.24) is 0 Å². The van der Waals surface area contributed by atoms with Gasteiger partial charge in [0.1, 0.15) is 23.4 Å². The van der Waals surface area contributed by atoms with Crippen LogP contribution >= 0.6 is 0 Å². The summed E-state index contributed by atoms with van der Waals surface area (Å²) in [6.07, 6.45) is 4.76. The van der Waals surface area contributed by atoms with E-state index in [4.69, 9.17) is 18.9 Å². The number of rotatable bonds is 8. The molecule has 3 aliphatic rings. The first-order valence-corrected chi connectivity index (χ1v) is 11.5. The number of hydrogen-bond donors (Lipinski definition) is 0. The van der Waals surface area contributed by atoms with Gasteiger partial charge in [-0.05, 0) is 51.5 Å². The first-order chi connectivity index (χ1) is 14.8. The van der Waals surface area contributed by atoms with Crippen molar-refractivity contribution in [3.63, 3.8) is 0 Å². The Balaban J connectivity index is 1.43. The molecule has 0 N–H and O–H groups in total. The van der Waals surface area contributed by atoms with Crippen LogP contribution < -0.4 is 0 Å². The van der Waals surface area contributed by atoms with E-state index in [-0.39, 0.29) is 47.3 Å². The van der Waals surface area contributed by atoms with Gasteiger partial charge < -0.3 is 18.9 Å². The van der Waals surface area contributed by atoms with Crippen LogP contribution in [0.1, 0.15) is 64.9 Å². The van der Waals surface area contributed by atoms with Crippen molar-refractivity contribution in [2.75, 3.05) is 13.7 Å². The quantitative estimate of drug-likeness (QED) is 0.338. The monoisotopic (exact) mass is 428 g/mol. The summed E-state index contributed by atoms with van der Waals surface area (Å²) < 4.78 is 24.2. The van der Waals surface area contributed by atoms with Gasteiger partial charge in [-0.1, -0.05) is 48.9 Å². The molecule has 2 saturated heterocycles. The molecule has 1 aromatic rings. The highest BCUT2D eigenvalue weighted by Crippen LogP contribution is 2.59. The van der Waals surface area contributed by atoms with Crippen LogP contribution in [-0.4, -0.2) is 49.2 Å². The lowest BCUT2D eigenvalue weighted by Gasteiger charge is -2.42. The molecule has 0 unspecified atom stereocenters. The summed E-state index contributed by atoms with van der Waals surface area (Å²) in [5.74, 6) is 0.00126. The normalized spacial score (nSPS) is 37.2. The van der Waals surface area contributed by atoms with Crippen molar-refractivity contribution in [2.24, 2.45) is 5.92 Å². The highest BCUT2D eigenvalue weighted by molar-refractivity contribution is 5.70. The van der Waals surface area contributed by atoms with E-state index in [0.717, 1.165) is 31.4 Å². The van der Waals surface area contributed by atoms with Crippen LogP contribution in [0, 0.1) is 5.92 Å². The first kappa shape index (κ1) is 22.5. The molecule has 7 atom stereocenters. The van der Waals surface area contributed by atoms with Crippen LogP contribution in [0.5, 0.6) is 0 Å². The van der Waals surface area contributed by atoms with E-state index in [1.54, 1.807) is 7.11 Å². The summed E-state index contributed by atoms with van der Waals surface area (Å²) in [6, 6.07) is 10.1. The Kier molecular flexibility index (Phi) is 6.30. The predicted octanol–water partition coefficient (Wildman–Crippen LogP) is 4.80. The maximum atomic E-state index is 12.8. The van der Waals surface area contributed by atoms with Crippen molar-refractivity contribution in [3.05, 3.63) is 47.5 Å². The maximum Gasteiger partial charge on any atom is 0.306 e. The van der Waals surface area contributed by atoms with E-state index in [1.165, 1.54) is 5.57 Å². The second-order valence-corrected chi connectivity index (χ2v) is 9.92. The molecule has 2 heterocycles. The third-order valence-electron chi connectivity index (χ3n) is 7.36. The molecule has 0 aromatic heterocycles. The molecule has 1 aromatic carbocycles. The fraction of sp³-hybridized carbons (Fsp3) is 0.654. The Morgan fingerprint density at radius 3 is 2.61 bits per heavy atom. The van der Waals surface area contributed by atoms with Crippen LogP contribution in [0.2, 0.25) is 0 Å². The molecule has 170 valence electrons. The lowest BCUT2D eigenvalue weighted by Crippen LogP contribution is -2.55. The van der Waals surface area contributed by atoms with E-state index in [1.807, 2.05) is 18.2 Å². The van der Waals surface area contributed by atoms with Crippen LogP contribution in [0.15, 0.2) is 42.0 Å². The molecule has 0 bridgehead atoms. The van der Waals surface area contributed by atoms with Gasteiger partial charge in [0.05, 0.1) is 25.0 Å². The Labute approximate surface area is 186 Å². The van der Waals surface area contributed by atoms with E-state index < -0.39 is 0 Å². The van der Waals surface area contributed by atoms with E-state index in [9.17, 15) is 4.79 Å². The smallest absolute Gasteiger partial charge is 0.306 e. The highest BCUT2D eigenvalue weighted by atomic mass is 16.6. The molecular weight excluding hydrogens is 392 g/mol. The third kappa shape index (κ3) is 4.59. The van der Waals surface area contributed by atoms with Crippen molar-refractivity contribution in [1.29, 1.82) is 0 Å². The molecule has 5 nitrogen and oxygen atoms in total. The summed E-state index contributed by atoms with van der Waals surface area (Å²) >= 11 is 0. The second-order valence-electron chi connectivity index (χ2n) is 9.92. The maximum absolute atomic E-state index is 12.8. The van der Waals surface area contributed by atoms with Gasteiger partial charge in [-0.15, -0.1) is 0 Å². The number of carbonyl (C=O) groups is 1. The number of carbonyl (C=O) groups excluding carboxylic acids is 1. The Morgan fingerprint density at radius 2 is 2.00 bits per heavy atom. The van der Waals surface area contributed by atoms with E-state index in [2.05, 4.69) is 45.9 Å². The Morgan fingerprint density at radius 1 is 1.29 bits per heavy atom. The van der Waals surface area contributed by atoms with Crippen molar-refractivity contribution >= 4 is 5.97 Å². The molecule has 3 fully saturated rings. The van der Waals surface area contributed by atoms with Crippen LogP contribution in [-0.2, 0) is 23.7 Å². The number of esters is 1. The number of allylic oxidation sites excluding steroid dienone is 1. The van der Waals surface area contributed by atoms with Gasteiger partial charge in [0.2, 0.25) is 0 Å². The minimum atomic E-state index is -0.314. The topological polar surface area (TPSA) is 60.6 Å². The first-order valence-electron chi connectivity index (χ1n) is 11.5. The lowest BCUT2D eigenvalue weighted by atomic mass is 9.68. The zero-order valence-electron chi connectivity index (χ0n) is 19.4. The van der Waals surface area contributed by atoms with Gasteiger partial charge in [-0.2, -0.15) is 0 Å². The number of ether oxygens (including phenoxy) is 4. The Hall–Kier alpha value is -1.69. The van der Waals surface area contributed by atoms with Crippen LogP contribution in [0.3, 0.4) is 0 Å². The van der Waals surface area contributed by atoms with Gasteiger partial charge in [0.15, 0.2) is 0 Å². The molecule has 0 amide bonds. The number of epoxide rings is 2. The molecule has 1 saturated carbocycles. The molecule has 5 heteroatoms. The van der Waals surface area contributed by atoms with Gasteiger partial charge in [0, 0.05) is 7.11 Å². The highest BCUT2D eigenvalue weighted by Gasteiger charge is 2.72. The minimum absolute atomic E-state index is 0.0543. The summed E-state index contributed by atoms with van der Waals surface area (Å²) in [7, 11) is 1.71. The van der Waals surface area contributed by atoms with Gasteiger partial charge in [0.25, 0.3) is 0 Å². The third-order valence-corrected chi connectivity index (χ3v) is 7.36.